The van der Waals surface area contributed by atoms with Gasteiger partial charge in [0.25, 0.3) is 5.91 Å². The summed E-state index contributed by atoms with van der Waals surface area (Å²) in [6.45, 7) is 1.89. The van der Waals surface area contributed by atoms with Crippen molar-refractivity contribution in [3.63, 3.8) is 0 Å². The van der Waals surface area contributed by atoms with Crippen molar-refractivity contribution in [1.82, 2.24) is 5.32 Å². The maximum atomic E-state index is 13.2. The number of nitrogens with zero attached hydrogens (tertiary/aromatic N) is 1. The van der Waals surface area contributed by atoms with Crippen LogP contribution in [0.15, 0.2) is 23.2 Å². The van der Waals surface area contributed by atoms with Gasteiger partial charge in [-0.25, -0.2) is 0 Å². The number of nitrogens with one attached hydrogen (secondary N) is 1. The summed E-state index contributed by atoms with van der Waals surface area (Å²) in [5, 5.41) is 2.86. The van der Waals surface area contributed by atoms with E-state index in [0.717, 1.165) is 31.2 Å². The second-order valence-corrected chi connectivity index (χ2v) is 7.84. The van der Waals surface area contributed by atoms with Crippen LogP contribution in [0.2, 0.25) is 0 Å². The number of hydrogen-bond acceptors (Lipinski definition) is 4. The summed E-state index contributed by atoms with van der Waals surface area (Å²) in [5.74, 6) is 0.0116. The smallest absolute Gasteiger partial charge is 0.406 e. The third-order valence-corrected chi connectivity index (χ3v) is 6.45. The number of amides is 1. The molecule has 0 aromatic heterocycles. The summed E-state index contributed by atoms with van der Waals surface area (Å²) in [6, 6.07) is 4.31. The Morgan fingerprint density at radius 3 is 2.57 bits per heavy atom. The number of alkyl halides is 3. The topological polar surface area (TPSA) is 59.9 Å². The predicted octanol–water partition coefficient (Wildman–Crippen LogP) is 3.85. The van der Waals surface area contributed by atoms with Crippen LogP contribution in [0.25, 0.3) is 0 Å². The van der Waals surface area contributed by atoms with Gasteiger partial charge in [0.15, 0.2) is 5.54 Å². The molecule has 1 fully saturated rings. The summed E-state index contributed by atoms with van der Waals surface area (Å²) >= 11 is 0. The molecule has 3 aliphatic rings. The van der Waals surface area contributed by atoms with E-state index in [1.54, 1.807) is 13.2 Å². The van der Waals surface area contributed by atoms with E-state index in [2.05, 4.69) is 10.1 Å². The molecule has 1 aliphatic heterocycles. The molecule has 1 amide bonds. The maximum absolute atomic E-state index is 13.2. The molecule has 0 bridgehead atoms. The normalized spacial score (nSPS) is 31.8. The van der Waals surface area contributed by atoms with Crippen molar-refractivity contribution in [1.29, 1.82) is 0 Å². The third kappa shape index (κ3) is 2.80. The molecular formula is C20H23F3N2O3. The molecule has 1 aromatic rings. The second kappa shape index (κ2) is 6.47. The number of hydrogen-bond donors (Lipinski definition) is 1. The molecule has 5 nitrogen and oxygen atoms in total. The van der Waals surface area contributed by atoms with Gasteiger partial charge in [0.05, 0.1) is 6.10 Å². The molecule has 0 saturated heterocycles. The van der Waals surface area contributed by atoms with Crippen LogP contribution in [0.1, 0.15) is 50.2 Å². The number of benzene rings is 1. The summed E-state index contributed by atoms with van der Waals surface area (Å²) < 4.78 is 47.8. The molecule has 1 heterocycles. The minimum absolute atomic E-state index is 0.134. The van der Waals surface area contributed by atoms with Gasteiger partial charge in [0.1, 0.15) is 11.6 Å². The van der Waals surface area contributed by atoms with Crippen molar-refractivity contribution in [2.75, 3.05) is 7.11 Å². The number of amidine groups is 1. The van der Waals surface area contributed by atoms with Gasteiger partial charge in [-0.2, -0.15) is 0 Å². The lowest BCUT2D eigenvalue weighted by Gasteiger charge is -2.44. The predicted molar refractivity (Wildman–Crippen MR) is 96.1 cm³/mol. The molecule has 152 valence electrons. The number of aliphatic imine (C=N–C) groups is 1. The first kappa shape index (κ1) is 19.2. The number of carbonyl (C=O) groups excluding carboxylic acids is 1. The third-order valence-electron chi connectivity index (χ3n) is 6.45. The van der Waals surface area contributed by atoms with Crippen molar-refractivity contribution in [3.8, 4) is 5.75 Å². The van der Waals surface area contributed by atoms with E-state index in [4.69, 9.17) is 9.73 Å². The monoisotopic (exact) mass is 396 g/mol. The zero-order valence-corrected chi connectivity index (χ0v) is 15.9. The zero-order valence-electron chi connectivity index (χ0n) is 15.9. The number of fused-ring (bicyclic) bond motifs is 3. The largest absolute Gasteiger partial charge is 0.573 e. The molecule has 1 aromatic carbocycles. The first-order chi connectivity index (χ1) is 13.2. The van der Waals surface area contributed by atoms with Crippen molar-refractivity contribution in [2.45, 2.75) is 63.5 Å². The van der Waals surface area contributed by atoms with Crippen molar-refractivity contribution in [2.24, 2.45) is 10.4 Å². The molecule has 8 heteroatoms. The molecule has 2 spiro atoms. The van der Waals surface area contributed by atoms with Gasteiger partial charge in [-0.15, -0.1) is 13.2 Å². The van der Waals surface area contributed by atoms with Gasteiger partial charge >= 0.3 is 6.36 Å². The molecule has 1 saturated carbocycles. The average molecular weight is 396 g/mol. The first-order valence-corrected chi connectivity index (χ1v) is 9.55. The van der Waals surface area contributed by atoms with Crippen molar-refractivity contribution >= 4 is 11.7 Å². The number of rotatable bonds is 3. The maximum Gasteiger partial charge on any atom is 0.573 e. The van der Waals surface area contributed by atoms with Crippen molar-refractivity contribution in [3.05, 3.63) is 29.3 Å². The second-order valence-electron chi connectivity index (χ2n) is 7.84. The van der Waals surface area contributed by atoms with Crippen LogP contribution in [0, 0.1) is 5.41 Å². The first-order valence-electron chi connectivity index (χ1n) is 9.55. The van der Waals surface area contributed by atoms with Crippen LogP contribution < -0.4 is 10.1 Å². The number of halogens is 3. The van der Waals surface area contributed by atoms with Gasteiger partial charge in [-0.05, 0) is 55.4 Å². The molecule has 0 radical (unpaired) electrons. The summed E-state index contributed by atoms with van der Waals surface area (Å²) in [5.41, 5.74) is -0.257. The Bertz CT molecular complexity index is 828. The van der Waals surface area contributed by atoms with Crippen LogP contribution in [0.3, 0.4) is 0 Å². The highest BCUT2D eigenvalue weighted by Crippen LogP contribution is 2.61. The molecule has 2 aliphatic carbocycles. The Kier molecular flexibility index (Phi) is 4.45. The zero-order chi connectivity index (χ0) is 20.2. The van der Waals surface area contributed by atoms with Gasteiger partial charge in [-0.3, -0.25) is 9.79 Å². The lowest BCUT2D eigenvalue weighted by molar-refractivity contribution is -0.274. The van der Waals surface area contributed by atoms with Gasteiger partial charge < -0.3 is 14.8 Å². The Morgan fingerprint density at radius 2 is 2.00 bits per heavy atom. The summed E-state index contributed by atoms with van der Waals surface area (Å²) in [4.78, 5) is 18.0. The van der Waals surface area contributed by atoms with E-state index in [-0.39, 0.29) is 17.8 Å². The Hall–Kier alpha value is -2.09. The molecule has 1 atom stereocenters. The highest BCUT2D eigenvalue weighted by Gasteiger charge is 2.65. The number of ether oxygens (including phenoxy) is 2. The molecule has 1 unspecified atom stereocenters. The van der Waals surface area contributed by atoms with E-state index >= 15 is 0 Å². The fourth-order valence-electron chi connectivity index (χ4n) is 5.15. The van der Waals surface area contributed by atoms with E-state index in [9.17, 15) is 18.0 Å². The van der Waals surface area contributed by atoms with Crippen LogP contribution in [-0.4, -0.2) is 31.3 Å². The minimum atomic E-state index is -4.79. The van der Waals surface area contributed by atoms with E-state index in [1.807, 2.05) is 6.92 Å². The van der Waals surface area contributed by atoms with Crippen LogP contribution >= 0.6 is 0 Å². The Morgan fingerprint density at radius 1 is 1.29 bits per heavy atom. The SMILES string of the molecule is CCC1=NC2(C(=O)N1)c1cc(OC(F)(F)F)ccc1CC21CCC(OC)CC1. The van der Waals surface area contributed by atoms with E-state index in [0.29, 0.717) is 24.2 Å². The summed E-state index contributed by atoms with van der Waals surface area (Å²) in [6.07, 6.45) is -0.450. The fourth-order valence-corrected chi connectivity index (χ4v) is 5.15. The van der Waals surface area contributed by atoms with Gasteiger partial charge in [-0.1, -0.05) is 13.0 Å². The lowest BCUT2D eigenvalue weighted by Crippen LogP contribution is -2.50. The van der Waals surface area contributed by atoms with Gasteiger partial charge in [0, 0.05) is 18.9 Å². The standard InChI is InChI=1S/C20H23F3N2O3/c1-3-16-24-17(26)19(25-16)15-10-14(28-20(21,22)23)5-4-12(15)11-18(19)8-6-13(27-2)7-9-18/h4-5,10,13H,3,6-9,11H2,1-2H3,(H,24,25,26). The van der Waals surface area contributed by atoms with Crippen LogP contribution in [-0.2, 0) is 21.5 Å². The van der Waals surface area contributed by atoms with Crippen LogP contribution in [0.5, 0.6) is 5.75 Å². The molecule has 1 N–H and O–H groups in total. The average Bonchev–Trinajstić information content (AvgIpc) is 3.12. The fraction of sp³-hybridized carbons (Fsp3) is 0.600. The highest BCUT2D eigenvalue weighted by atomic mass is 19.4. The summed E-state index contributed by atoms with van der Waals surface area (Å²) in [7, 11) is 1.68. The van der Waals surface area contributed by atoms with Gasteiger partial charge in [0.2, 0.25) is 0 Å². The number of carbonyl (C=O) groups is 1. The molecular weight excluding hydrogens is 373 g/mol. The molecule has 28 heavy (non-hydrogen) atoms. The molecule has 4 rings (SSSR count). The Balaban J connectivity index is 1.82. The minimum Gasteiger partial charge on any atom is -0.406 e. The number of methoxy groups -OCH3 is 1. The van der Waals surface area contributed by atoms with E-state index < -0.39 is 17.3 Å². The quantitative estimate of drug-likeness (QED) is 0.844. The Labute approximate surface area is 161 Å². The highest BCUT2D eigenvalue weighted by molar-refractivity contribution is 6.09. The van der Waals surface area contributed by atoms with E-state index in [1.165, 1.54) is 12.1 Å². The van der Waals surface area contributed by atoms with Crippen LogP contribution in [0.4, 0.5) is 13.2 Å². The van der Waals surface area contributed by atoms with Crippen molar-refractivity contribution < 1.29 is 27.4 Å². The lowest BCUT2D eigenvalue weighted by atomic mass is 9.61.